The van der Waals surface area contributed by atoms with Crippen molar-refractivity contribution >= 4 is 11.6 Å². The first kappa shape index (κ1) is 10.4. The molecule has 1 atom stereocenters. The van der Waals surface area contributed by atoms with Crippen LogP contribution in [0.25, 0.3) is 0 Å². The first-order chi connectivity index (χ1) is 5.91. The fourth-order valence-corrected chi connectivity index (χ4v) is 1.07. The lowest BCUT2D eigenvalue weighted by Crippen LogP contribution is -2.17. The Morgan fingerprint density at radius 2 is 1.62 bits per heavy atom. The fourth-order valence-electron chi connectivity index (χ4n) is 0.940. The summed E-state index contributed by atoms with van der Waals surface area (Å²) >= 11 is 5.55. The van der Waals surface area contributed by atoms with Gasteiger partial charge in [-0.3, -0.25) is 0 Å². The topological polar surface area (TPSA) is 0 Å². The molecule has 0 heterocycles. The normalized spacial score (nSPS) is 14.2. The van der Waals surface area contributed by atoms with E-state index in [1.807, 2.05) is 0 Å². The number of halogens is 4. The van der Waals surface area contributed by atoms with Gasteiger partial charge in [0.15, 0.2) is 0 Å². The zero-order chi connectivity index (χ0) is 10.1. The molecule has 0 aliphatic rings. The lowest BCUT2D eigenvalue weighted by Gasteiger charge is -2.15. The summed E-state index contributed by atoms with van der Waals surface area (Å²) in [5.41, 5.74) is 0.233. The summed E-state index contributed by atoms with van der Waals surface area (Å²) in [6.07, 6.45) is -4.19. The molecule has 1 aromatic rings. The van der Waals surface area contributed by atoms with Gasteiger partial charge >= 0.3 is 6.18 Å². The Kier molecular flexibility index (Phi) is 2.86. The van der Waals surface area contributed by atoms with Crippen molar-refractivity contribution in [3.63, 3.8) is 0 Å². The monoisotopic (exact) mass is 208 g/mol. The lowest BCUT2D eigenvalue weighted by atomic mass is 10.0. The van der Waals surface area contributed by atoms with E-state index in [1.54, 1.807) is 0 Å². The summed E-state index contributed by atoms with van der Waals surface area (Å²) in [6.45, 7) is 1.13. The van der Waals surface area contributed by atoms with Gasteiger partial charge in [0.25, 0.3) is 0 Å². The van der Waals surface area contributed by atoms with E-state index in [0.717, 1.165) is 6.92 Å². The van der Waals surface area contributed by atoms with E-state index in [4.69, 9.17) is 11.6 Å². The average Bonchev–Trinajstić information content (AvgIpc) is 2.03. The van der Waals surface area contributed by atoms with E-state index in [1.165, 1.54) is 24.3 Å². The summed E-state index contributed by atoms with van der Waals surface area (Å²) in [5, 5.41) is 0.443. The molecule has 13 heavy (non-hydrogen) atoms. The van der Waals surface area contributed by atoms with Gasteiger partial charge in [0.1, 0.15) is 0 Å². The number of benzene rings is 1. The Bertz CT molecular complexity index is 276. The molecule has 0 aliphatic carbocycles. The van der Waals surface area contributed by atoms with Crippen LogP contribution in [0.1, 0.15) is 18.4 Å². The summed E-state index contributed by atoms with van der Waals surface area (Å²) in [7, 11) is 0. The second-order valence-corrected chi connectivity index (χ2v) is 3.25. The third-order valence-corrected chi connectivity index (χ3v) is 2.11. The molecule has 0 N–H and O–H groups in total. The molecule has 4 heteroatoms. The number of hydrogen-bond acceptors (Lipinski definition) is 0. The smallest absolute Gasteiger partial charge is 0.170 e. The van der Waals surface area contributed by atoms with Gasteiger partial charge in [0, 0.05) is 5.02 Å². The maximum absolute atomic E-state index is 12.2. The highest BCUT2D eigenvalue weighted by Crippen LogP contribution is 2.34. The standard InChI is InChI=1S/C9H8ClF3/c1-6(9(11,12)13)7-2-4-8(10)5-3-7/h2-6H,1H3/t6-/m1/s1. The first-order valence-corrected chi connectivity index (χ1v) is 4.11. The predicted octanol–water partition coefficient (Wildman–Crippen LogP) is 4.01. The molecule has 0 unspecified atom stereocenters. The molecular formula is C9H8ClF3. The molecule has 1 aromatic carbocycles. The Balaban J connectivity index is 2.90. The SMILES string of the molecule is C[C@H](c1ccc(Cl)cc1)C(F)(F)F. The van der Waals surface area contributed by atoms with Crippen molar-refractivity contribution in [2.24, 2.45) is 0 Å². The van der Waals surface area contributed by atoms with E-state index in [0.29, 0.717) is 5.02 Å². The summed E-state index contributed by atoms with van der Waals surface area (Å²) in [5.74, 6) is -1.44. The van der Waals surface area contributed by atoms with Gasteiger partial charge in [-0.1, -0.05) is 23.7 Å². The second kappa shape index (κ2) is 3.58. The minimum absolute atomic E-state index is 0.233. The molecule has 0 saturated carbocycles. The van der Waals surface area contributed by atoms with Crippen LogP contribution in [0, 0.1) is 0 Å². The van der Waals surface area contributed by atoms with E-state index in [-0.39, 0.29) is 5.56 Å². The minimum atomic E-state index is -4.19. The summed E-state index contributed by atoms with van der Waals surface area (Å²) in [6, 6.07) is 5.69. The molecule has 0 spiro atoms. The van der Waals surface area contributed by atoms with Crippen molar-refractivity contribution in [2.45, 2.75) is 19.0 Å². The maximum atomic E-state index is 12.2. The molecule has 0 aromatic heterocycles. The van der Waals surface area contributed by atoms with Crippen LogP contribution in [0.3, 0.4) is 0 Å². The van der Waals surface area contributed by atoms with Crippen LogP contribution in [0.15, 0.2) is 24.3 Å². The molecule has 1 rings (SSSR count). The average molecular weight is 209 g/mol. The Hall–Kier alpha value is -0.700. The van der Waals surface area contributed by atoms with Crippen LogP contribution < -0.4 is 0 Å². The van der Waals surface area contributed by atoms with E-state index in [9.17, 15) is 13.2 Å². The van der Waals surface area contributed by atoms with Crippen molar-refractivity contribution in [2.75, 3.05) is 0 Å². The molecule has 0 fully saturated rings. The van der Waals surface area contributed by atoms with Crippen molar-refractivity contribution in [1.29, 1.82) is 0 Å². The van der Waals surface area contributed by atoms with Crippen LogP contribution in [0.5, 0.6) is 0 Å². The zero-order valence-corrected chi connectivity index (χ0v) is 7.65. The third-order valence-electron chi connectivity index (χ3n) is 1.86. The molecular weight excluding hydrogens is 201 g/mol. The van der Waals surface area contributed by atoms with Crippen molar-refractivity contribution in [3.05, 3.63) is 34.9 Å². The van der Waals surface area contributed by atoms with E-state index >= 15 is 0 Å². The second-order valence-electron chi connectivity index (χ2n) is 2.81. The Morgan fingerprint density at radius 3 is 2.00 bits per heavy atom. The molecule has 0 bridgehead atoms. The van der Waals surface area contributed by atoms with Crippen molar-refractivity contribution in [3.8, 4) is 0 Å². The van der Waals surface area contributed by atoms with Gasteiger partial charge in [-0.25, -0.2) is 0 Å². The minimum Gasteiger partial charge on any atom is -0.170 e. The third kappa shape index (κ3) is 2.62. The van der Waals surface area contributed by atoms with Gasteiger partial charge in [0.05, 0.1) is 5.92 Å². The van der Waals surface area contributed by atoms with Crippen LogP contribution in [0.2, 0.25) is 5.02 Å². The highest BCUT2D eigenvalue weighted by Gasteiger charge is 2.36. The molecule has 0 radical (unpaired) electrons. The maximum Gasteiger partial charge on any atom is 0.395 e. The van der Waals surface area contributed by atoms with Crippen LogP contribution in [-0.2, 0) is 0 Å². The van der Waals surface area contributed by atoms with E-state index in [2.05, 4.69) is 0 Å². The fraction of sp³-hybridized carbons (Fsp3) is 0.333. The lowest BCUT2D eigenvalue weighted by molar-refractivity contribution is -0.146. The quantitative estimate of drug-likeness (QED) is 0.654. The zero-order valence-electron chi connectivity index (χ0n) is 6.90. The highest BCUT2D eigenvalue weighted by molar-refractivity contribution is 6.30. The summed E-state index contributed by atoms with van der Waals surface area (Å²) in [4.78, 5) is 0. The number of alkyl halides is 3. The molecule has 0 amide bonds. The van der Waals surface area contributed by atoms with Gasteiger partial charge < -0.3 is 0 Å². The Morgan fingerprint density at radius 1 is 1.15 bits per heavy atom. The number of hydrogen-bond donors (Lipinski definition) is 0. The van der Waals surface area contributed by atoms with Gasteiger partial charge in [-0.15, -0.1) is 0 Å². The number of rotatable bonds is 1. The molecule has 0 nitrogen and oxygen atoms in total. The molecule has 0 saturated heterocycles. The van der Waals surface area contributed by atoms with Gasteiger partial charge in [-0.2, -0.15) is 13.2 Å². The summed E-state index contributed by atoms with van der Waals surface area (Å²) < 4.78 is 36.6. The predicted molar refractivity (Wildman–Crippen MR) is 45.9 cm³/mol. The van der Waals surface area contributed by atoms with Crippen LogP contribution in [0.4, 0.5) is 13.2 Å². The largest absolute Gasteiger partial charge is 0.395 e. The molecule has 72 valence electrons. The first-order valence-electron chi connectivity index (χ1n) is 3.73. The Labute approximate surface area is 79.3 Å². The van der Waals surface area contributed by atoms with Crippen LogP contribution >= 0.6 is 11.6 Å². The van der Waals surface area contributed by atoms with E-state index < -0.39 is 12.1 Å². The van der Waals surface area contributed by atoms with Crippen LogP contribution in [-0.4, -0.2) is 6.18 Å². The highest BCUT2D eigenvalue weighted by atomic mass is 35.5. The van der Waals surface area contributed by atoms with Gasteiger partial charge in [0.2, 0.25) is 0 Å². The van der Waals surface area contributed by atoms with Crippen molar-refractivity contribution in [1.82, 2.24) is 0 Å². The molecule has 0 aliphatic heterocycles. The van der Waals surface area contributed by atoms with Gasteiger partial charge in [-0.05, 0) is 24.6 Å². The van der Waals surface area contributed by atoms with Crippen molar-refractivity contribution < 1.29 is 13.2 Å².